The zero-order chi connectivity index (χ0) is 17.4. The molecule has 0 aliphatic heterocycles. The molecule has 4 nitrogen and oxygen atoms in total. The first-order valence-corrected chi connectivity index (χ1v) is 8.14. The molecule has 0 unspecified atom stereocenters. The molecule has 0 aliphatic carbocycles. The molecule has 1 amide bonds. The van der Waals surface area contributed by atoms with Gasteiger partial charge in [0.15, 0.2) is 0 Å². The number of nitrogens with one attached hydrogen (secondary N) is 1. The number of benzene rings is 2. The van der Waals surface area contributed by atoms with Gasteiger partial charge in [-0.3, -0.25) is 4.79 Å². The van der Waals surface area contributed by atoms with Gasteiger partial charge >= 0.3 is 6.61 Å². The molecule has 0 spiro atoms. The van der Waals surface area contributed by atoms with Crippen LogP contribution in [0.5, 0.6) is 5.75 Å². The molecule has 0 aliphatic rings. The number of rotatable bonds is 7. The largest absolute Gasteiger partial charge is 0.435 e. The van der Waals surface area contributed by atoms with Crippen molar-refractivity contribution in [1.82, 2.24) is 0 Å². The number of nitrogens with zero attached hydrogens (tertiary/aromatic N) is 1. The third kappa shape index (κ3) is 5.56. The van der Waals surface area contributed by atoms with E-state index in [1.54, 1.807) is 12.1 Å². The van der Waals surface area contributed by atoms with Gasteiger partial charge in [-0.15, -0.1) is 11.8 Å². The van der Waals surface area contributed by atoms with Gasteiger partial charge in [-0.2, -0.15) is 14.0 Å². The minimum absolute atomic E-state index is 0.0329. The fourth-order valence-electron chi connectivity index (χ4n) is 1.93. The lowest BCUT2D eigenvalue weighted by Crippen LogP contribution is -2.14. The Bertz CT molecular complexity index is 730. The van der Waals surface area contributed by atoms with Gasteiger partial charge < -0.3 is 10.1 Å². The second-order valence-corrected chi connectivity index (χ2v) is 5.70. The van der Waals surface area contributed by atoms with Crippen LogP contribution in [-0.2, 0) is 10.5 Å². The third-order valence-electron chi connectivity index (χ3n) is 2.99. The van der Waals surface area contributed by atoms with Crippen LogP contribution in [0.4, 0.5) is 14.5 Å². The number of amides is 1. The van der Waals surface area contributed by atoms with E-state index in [4.69, 9.17) is 5.26 Å². The van der Waals surface area contributed by atoms with Gasteiger partial charge in [0.2, 0.25) is 5.91 Å². The highest BCUT2D eigenvalue weighted by Gasteiger charge is 2.07. The maximum atomic E-state index is 12.0. The van der Waals surface area contributed by atoms with Crippen LogP contribution in [0.2, 0.25) is 0 Å². The molecule has 0 bridgehead atoms. The van der Waals surface area contributed by atoms with Crippen LogP contribution in [0, 0.1) is 11.3 Å². The summed E-state index contributed by atoms with van der Waals surface area (Å²) in [5.41, 5.74) is 1.98. The lowest BCUT2D eigenvalue weighted by molar-refractivity contribution is -0.113. The summed E-state index contributed by atoms with van der Waals surface area (Å²) in [6.07, 6.45) is 0. The Kier molecular flexibility index (Phi) is 6.58. The number of halogens is 2. The van der Waals surface area contributed by atoms with Crippen molar-refractivity contribution in [3.63, 3.8) is 0 Å². The molecule has 7 heteroatoms. The van der Waals surface area contributed by atoms with E-state index < -0.39 is 6.61 Å². The van der Waals surface area contributed by atoms with Crippen molar-refractivity contribution in [2.45, 2.75) is 12.4 Å². The molecule has 1 N–H and O–H groups in total. The van der Waals surface area contributed by atoms with Crippen molar-refractivity contribution in [3.8, 4) is 11.8 Å². The van der Waals surface area contributed by atoms with Crippen LogP contribution < -0.4 is 10.1 Å². The van der Waals surface area contributed by atoms with Crippen molar-refractivity contribution >= 4 is 23.4 Å². The molecule has 0 atom stereocenters. The first kappa shape index (κ1) is 17.8. The van der Waals surface area contributed by atoms with Gasteiger partial charge in [0.25, 0.3) is 0 Å². The van der Waals surface area contributed by atoms with Crippen molar-refractivity contribution < 1.29 is 18.3 Å². The summed E-state index contributed by atoms with van der Waals surface area (Å²) >= 11 is 1.39. The molecule has 0 saturated carbocycles. The summed E-state index contributed by atoms with van der Waals surface area (Å²) in [6, 6.07) is 15.0. The highest BCUT2D eigenvalue weighted by Crippen LogP contribution is 2.19. The Morgan fingerprint density at radius 1 is 1.21 bits per heavy atom. The predicted molar refractivity (Wildman–Crippen MR) is 89.0 cm³/mol. The van der Waals surface area contributed by atoms with E-state index in [0.717, 1.165) is 5.56 Å². The number of hydrogen-bond donors (Lipinski definition) is 1. The van der Waals surface area contributed by atoms with Gasteiger partial charge in [-0.1, -0.05) is 18.2 Å². The first-order chi connectivity index (χ1) is 11.6. The fourth-order valence-corrected chi connectivity index (χ4v) is 2.76. The normalized spacial score (nSPS) is 10.2. The lowest BCUT2D eigenvalue weighted by atomic mass is 10.1. The monoisotopic (exact) mass is 348 g/mol. The van der Waals surface area contributed by atoms with Gasteiger partial charge in [-0.05, 0) is 35.9 Å². The maximum Gasteiger partial charge on any atom is 0.387 e. The zero-order valence-electron chi connectivity index (χ0n) is 12.5. The molecule has 2 aromatic rings. The van der Waals surface area contributed by atoms with Gasteiger partial charge in [0.05, 0.1) is 17.4 Å². The standard InChI is InChI=1S/C17H14F2N2O2S/c18-17(19)23-15-7-5-14(6-8-15)21-16(22)11-24-10-13-4-2-1-3-12(13)9-20/h1-8,17H,10-11H2,(H,21,22). The Hall–Kier alpha value is -2.59. The molecule has 0 fully saturated rings. The van der Waals surface area contributed by atoms with Gasteiger partial charge in [-0.25, -0.2) is 0 Å². The van der Waals surface area contributed by atoms with Crippen molar-refractivity contribution in [1.29, 1.82) is 5.26 Å². The minimum atomic E-state index is -2.88. The van der Waals surface area contributed by atoms with E-state index in [9.17, 15) is 13.6 Å². The second-order valence-electron chi connectivity index (χ2n) is 4.71. The molecule has 124 valence electrons. The first-order valence-electron chi connectivity index (χ1n) is 6.99. The molecule has 0 saturated heterocycles. The molecule has 2 rings (SSSR count). The van der Waals surface area contributed by atoms with Crippen LogP contribution >= 0.6 is 11.8 Å². The molecule has 2 aromatic carbocycles. The van der Waals surface area contributed by atoms with Crippen LogP contribution in [-0.4, -0.2) is 18.3 Å². The third-order valence-corrected chi connectivity index (χ3v) is 3.97. The topological polar surface area (TPSA) is 62.1 Å². The Morgan fingerprint density at radius 2 is 1.92 bits per heavy atom. The number of anilines is 1. The highest BCUT2D eigenvalue weighted by atomic mass is 32.2. The SMILES string of the molecule is N#Cc1ccccc1CSCC(=O)Nc1ccc(OC(F)F)cc1. The predicted octanol–water partition coefficient (Wildman–Crippen LogP) is 4.03. The van der Waals surface area contributed by atoms with Crippen molar-refractivity contribution in [3.05, 3.63) is 59.7 Å². The van der Waals surface area contributed by atoms with Crippen LogP contribution in [0.1, 0.15) is 11.1 Å². The summed E-state index contributed by atoms with van der Waals surface area (Å²) in [5, 5.41) is 11.7. The Balaban J connectivity index is 1.80. The van der Waals surface area contributed by atoms with Crippen LogP contribution in [0.3, 0.4) is 0 Å². The Morgan fingerprint density at radius 3 is 2.58 bits per heavy atom. The van der Waals surface area contributed by atoms with E-state index in [1.807, 2.05) is 12.1 Å². The number of nitriles is 1. The molecular weight excluding hydrogens is 334 g/mol. The lowest BCUT2D eigenvalue weighted by Gasteiger charge is -2.08. The Labute approximate surface area is 142 Å². The van der Waals surface area contributed by atoms with E-state index >= 15 is 0 Å². The average molecular weight is 348 g/mol. The molecule has 0 aromatic heterocycles. The summed E-state index contributed by atoms with van der Waals surface area (Å²) in [6.45, 7) is -2.88. The molecule has 0 radical (unpaired) electrons. The summed E-state index contributed by atoms with van der Waals surface area (Å²) < 4.78 is 28.3. The number of carbonyl (C=O) groups excluding carboxylic acids is 1. The second kappa shape index (κ2) is 8.89. The maximum absolute atomic E-state index is 12.0. The molecular formula is C17H14F2N2O2S. The van der Waals surface area contributed by atoms with E-state index in [0.29, 0.717) is 17.0 Å². The molecule has 24 heavy (non-hydrogen) atoms. The summed E-state index contributed by atoms with van der Waals surface area (Å²) in [5.74, 6) is 0.593. The van der Waals surface area contributed by atoms with Gasteiger partial charge in [0.1, 0.15) is 5.75 Å². The summed E-state index contributed by atoms with van der Waals surface area (Å²) in [4.78, 5) is 11.9. The summed E-state index contributed by atoms with van der Waals surface area (Å²) in [7, 11) is 0. The quantitative estimate of drug-likeness (QED) is 0.820. The number of thioether (sulfide) groups is 1. The number of ether oxygens (including phenoxy) is 1. The minimum Gasteiger partial charge on any atom is -0.435 e. The van der Waals surface area contributed by atoms with Crippen LogP contribution in [0.15, 0.2) is 48.5 Å². The number of hydrogen-bond acceptors (Lipinski definition) is 4. The average Bonchev–Trinajstić information content (AvgIpc) is 2.56. The van der Waals surface area contributed by atoms with Gasteiger partial charge in [0, 0.05) is 11.4 Å². The van der Waals surface area contributed by atoms with E-state index in [1.165, 1.54) is 36.0 Å². The van der Waals surface area contributed by atoms with Crippen LogP contribution in [0.25, 0.3) is 0 Å². The number of alkyl halides is 2. The van der Waals surface area contributed by atoms with Crippen molar-refractivity contribution in [2.24, 2.45) is 0 Å². The smallest absolute Gasteiger partial charge is 0.387 e. The highest BCUT2D eigenvalue weighted by molar-refractivity contribution is 7.99. The van der Waals surface area contributed by atoms with Crippen molar-refractivity contribution in [2.75, 3.05) is 11.1 Å². The van der Waals surface area contributed by atoms with E-state index in [-0.39, 0.29) is 17.4 Å². The van der Waals surface area contributed by atoms with E-state index in [2.05, 4.69) is 16.1 Å². The fraction of sp³-hybridized carbons (Fsp3) is 0.176. The molecule has 0 heterocycles. The zero-order valence-corrected chi connectivity index (χ0v) is 13.4. The number of carbonyl (C=O) groups is 1.